The summed E-state index contributed by atoms with van der Waals surface area (Å²) < 4.78 is 0. The van der Waals surface area contributed by atoms with Gasteiger partial charge >= 0.3 is 0 Å². The van der Waals surface area contributed by atoms with Gasteiger partial charge in [-0.3, -0.25) is 0 Å². The molecule has 0 unspecified atom stereocenters. The van der Waals surface area contributed by atoms with Crippen molar-refractivity contribution in [1.82, 2.24) is 0 Å². The van der Waals surface area contributed by atoms with Gasteiger partial charge in [-0.1, -0.05) is 6.07 Å². The predicted octanol–water partition coefficient (Wildman–Crippen LogP) is 1.01. The van der Waals surface area contributed by atoms with Gasteiger partial charge in [-0.25, -0.2) is 5.90 Å². The molecule has 1 aliphatic heterocycles. The van der Waals surface area contributed by atoms with Crippen molar-refractivity contribution in [1.29, 1.82) is 0 Å². The third kappa shape index (κ3) is 2.13. The van der Waals surface area contributed by atoms with Crippen LogP contribution in [0.3, 0.4) is 0 Å². The van der Waals surface area contributed by atoms with Crippen LogP contribution < -0.4 is 15.7 Å². The molecule has 16 heavy (non-hydrogen) atoms. The summed E-state index contributed by atoms with van der Waals surface area (Å²) in [5.74, 6) is 5.04. The first-order valence-electron chi connectivity index (χ1n) is 5.59. The van der Waals surface area contributed by atoms with Crippen molar-refractivity contribution in [3.8, 4) is 0 Å². The van der Waals surface area contributed by atoms with Crippen LogP contribution in [0.5, 0.6) is 0 Å². The normalized spacial score (nSPS) is 15.2. The van der Waals surface area contributed by atoms with Crippen LogP contribution in [0.2, 0.25) is 0 Å². The SMILES string of the molecule is CN1CCN(C)c2cc(CCON)ccc21. The molecular formula is C12H19N3O. The number of anilines is 2. The van der Waals surface area contributed by atoms with Gasteiger partial charge in [0.15, 0.2) is 0 Å². The molecule has 0 fully saturated rings. The van der Waals surface area contributed by atoms with Crippen LogP contribution in [-0.4, -0.2) is 33.8 Å². The Balaban J connectivity index is 2.25. The molecule has 1 aliphatic rings. The zero-order valence-electron chi connectivity index (χ0n) is 9.94. The van der Waals surface area contributed by atoms with Gasteiger partial charge in [-0.05, 0) is 24.1 Å². The summed E-state index contributed by atoms with van der Waals surface area (Å²) in [4.78, 5) is 9.20. The molecule has 0 aliphatic carbocycles. The van der Waals surface area contributed by atoms with Crippen LogP contribution in [-0.2, 0) is 11.3 Å². The molecule has 0 saturated heterocycles. The predicted molar refractivity (Wildman–Crippen MR) is 66.8 cm³/mol. The smallest absolute Gasteiger partial charge is 0.0719 e. The standard InChI is InChI=1S/C12H19N3O/c1-14-6-7-15(2)12-9-10(5-8-16-13)3-4-11(12)14/h3-4,9H,5-8,13H2,1-2H3. The van der Waals surface area contributed by atoms with Crippen LogP contribution >= 0.6 is 0 Å². The Morgan fingerprint density at radius 1 is 1.19 bits per heavy atom. The maximum absolute atomic E-state index is 5.04. The Morgan fingerprint density at radius 2 is 1.88 bits per heavy atom. The van der Waals surface area contributed by atoms with Crippen molar-refractivity contribution in [3.05, 3.63) is 23.8 Å². The van der Waals surface area contributed by atoms with E-state index in [0.717, 1.165) is 19.5 Å². The Kier molecular flexibility index (Phi) is 3.31. The second kappa shape index (κ2) is 4.72. The van der Waals surface area contributed by atoms with Crippen molar-refractivity contribution in [2.24, 2.45) is 5.90 Å². The van der Waals surface area contributed by atoms with Crippen LogP contribution in [0, 0.1) is 0 Å². The monoisotopic (exact) mass is 221 g/mol. The molecule has 0 spiro atoms. The number of fused-ring (bicyclic) bond motifs is 1. The minimum Gasteiger partial charge on any atom is -0.371 e. The third-order valence-electron chi connectivity index (χ3n) is 3.14. The highest BCUT2D eigenvalue weighted by Crippen LogP contribution is 2.32. The number of benzene rings is 1. The van der Waals surface area contributed by atoms with Gasteiger partial charge in [0.05, 0.1) is 18.0 Å². The quantitative estimate of drug-likeness (QED) is 0.773. The van der Waals surface area contributed by atoms with E-state index in [4.69, 9.17) is 5.90 Å². The van der Waals surface area contributed by atoms with Crippen LogP contribution in [0.15, 0.2) is 18.2 Å². The lowest BCUT2D eigenvalue weighted by atomic mass is 10.1. The lowest BCUT2D eigenvalue weighted by molar-refractivity contribution is 0.141. The van der Waals surface area contributed by atoms with Crippen molar-refractivity contribution in [2.45, 2.75) is 6.42 Å². The maximum atomic E-state index is 5.04. The molecule has 4 heteroatoms. The van der Waals surface area contributed by atoms with E-state index >= 15 is 0 Å². The Morgan fingerprint density at radius 3 is 2.56 bits per heavy atom. The van der Waals surface area contributed by atoms with E-state index in [1.54, 1.807) is 0 Å². The molecule has 88 valence electrons. The Labute approximate surface area is 96.5 Å². The summed E-state index contributed by atoms with van der Waals surface area (Å²) in [5, 5.41) is 0. The Bertz CT molecular complexity index is 367. The molecule has 0 saturated carbocycles. The largest absolute Gasteiger partial charge is 0.371 e. The highest BCUT2D eigenvalue weighted by molar-refractivity contribution is 5.73. The van der Waals surface area contributed by atoms with Crippen LogP contribution in [0.1, 0.15) is 5.56 Å². The van der Waals surface area contributed by atoms with Gasteiger partial charge in [0.1, 0.15) is 0 Å². The van der Waals surface area contributed by atoms with E-state index in [1.807, 2.05) is 0 Å². The summed E-state index contributed by atoms with van der Waals surface area (Å²) in [6.45, 7) is 2.72. The zero-order chi connectivity index (χ0) is 11.5. The van der Waals surface area contributed by atoms with Gasteiger partial charge in [0.25, 0.3) is 0 Å². The van der Waals surface area contributed by atoms with E-state index in [9.17, 15) is 0 Å². The van der Waals surface area contributed by atoms with Gasteiger partial charge in [0.2, 0.25) is 0 Å². The maximum Gasteiger partial charge on any atom is 0.0719 e. The van der Waals surface area contributed by atoms with E-state index in [0.29, 0.717) is 6.61 Å². The van der Waals surface area contributed by atoms with Gasteiger partial charge in [-0.2, -0.15) is 0 Å². The summed E-state index contributed by atoms with van der Waals surface area (Å²) in [6.07, 6.45) is 0.862. The minimum atomic E-state index is 0.568. The number of nitrogens with zero attached hydrogens (tertiary/aromatic N) is 2. The van der Waals surface area contributed by atoms with Crippen molar-refractivity contribution >= 4 is 11.4 Å². The second-order valence-corrected chi connectivity index (χ2v) is 4.29. The van der Waals surface area contributed by atoms with E-state index in [-0.39, 0.29) is 0 Å². The van der Waals surface area contributed by atoms with Crippen LogP contribution in [0.25, 0.3) is 0 Å². The molecule has 0 aromatic heterocycles. The number of rotatable bonds is 3. The first-order valence-corrected chi connectivity index (χ1v) is 5.59. The average Bonchev–Trinajstić information content (AvgIpc) is 2.31. The summed E-state index contributed by atoms with van der Waals surface area (Å²) >= 11 is 0. The third-order valence-corrected chi connectivity index (χ3v) is 3.14. The molecule has 1 heterocycles. The van der Waals surface area contributed by atoms with E-state index in [1.165, 1.54) is 16.9 Å². The fourth-order valence-corrected chi connectivity index (χ4v) is 2.07. The highest BCUT2D eigenvalue weighted by Gasteiger charge is 2.17. The summed E-state index contributed by atoms with van der Waals surface area (Å²) in [7, 11) is 4.27. The van der Waals surface area contributed by atoms with Crippen molar-refractivity contribution < 1.29 is 4.84 Å². The average molecular weight is 221 g/mol. The van der Waals surface area contributed by atoms with Crippen molar-refractivity contribution in [3.63, 3.8) is 0 Å². The number of hydrogen-bond acceptors (Lipinski definition) is 4. The molecule has 0 radical (unpaired) electrons. The Hall–Kier alpha value is -1.26. The lowest BCUT2D eigenvalue weighted by Gasteiger charge is -2.35. The summed E-state index contributed by atoms with van der Waals surface area (Å²) in [5.41, 5.74) is 3.86. The number of hydrogen-bond donors (Lipinski definition) is 1. The molecule has 1 aromatic carbocycles. The molecule has 2 N–H and O–H groups in total. The molecule has 0 amide bonds. The fourth-order valence-electron chi connectivity index (χ4n) is 2.07. The molecule has 2 rings (SSSR count). The minimum absolute atomic E-state index is 0.568. The van der Waals surface area contributed by atoms with Crippen molar-refractivity contribution in [2.75, 3.05) is 43.6 Å². The topological polar surface area (TPSA) is 41.7 Å². The first kappa shape index (κ1) is 11.2. The number of nitrogens with two attached hydrogens (primary N) is 1. The second-order valence-electron chi connectivity index (χ2n) is 4.29. The number of likely N-dealkylation sites (N-methyl/N-ethyl adjacent to an activating group) is 2. The van der Waals surface area contributed by atoms with Gasteiger partial charge in [-0.15, -0.1) is 0 Å². The highest BCUT2D eigenvalue weighted by atomic mass is 16.6. The van der Waals surface area contributed by atoms with Gasteiger partial charge in [0, 0.05) is 27.2 Å². The zero-order valence-corrected chi connectivity index (χ0v) is 9.94. The first-order chi connectivity index (χ1) is 7.72. The molecular weight excluding hydrogens is 202 g/mol. The molecule has 0 bridgehead atoms. The van der Waals surface area contributed by atoms with Gasteiger partial charge < -0.3 is 14.6 Å². The molecule has 4 nitrogen and oxygen atoms in total. The fraction of sp³-hybridized carbons (Fsp3) is 0.500. The van der Waals surface area contributed by atoms with E-state index < -0.39 is 0 Å². The van der Waals surface area contributed by atoms with Crippen LogP contribution in [0.4, 0.5) is 11.4 Å². The lowest BCUT2D eigenvalue weighted by Crippen LogP contribution is -2.36. The van der Waals surface area contributed by atoms with E-state index in [2.05, 4.69) is 46.9 Å². The molecule has 0 atom stereocenters. The summed E-state index contributed by atoms with van der Waals surface area (Å²) in [6, 6.07) is 6.55. The molecule has 1 aromatic rings.